The second-order valence-corrected chi connectivity index (χ2v) is 10.9. The average Bonchev–Trinajstić information content (AvgIpc) is 2.95. The van der Waals surface area contributed by atoms with Crippen LogP contribution in [0, 0.1) is 11.8 Å². The first-order valence-corrected chi connectivity index (χ1v) is 11.8. The zero-order chi connectivity index (χ0) is 21.6. The zero-order valence-electron chi connectivity index (χ0n) is 16.7. The number of alkyl halides is 4. The second-order valence-electron chi connectivity index (χ2n) is 8.97. The second kappa shape index (κ2) is 8.77. The summed E-state index contributed by atoms with van der Waals surface area (Å²) in [5.41, 5.74) is 6.22. The summed E-state index contributed by atoms with van der Waals surface area (Å²) in [4.78, 5) is 15.1. The van der Waals surface area contributed by atoms with Crippen molar-refractivity contribution in [3.63, 3.8) is 0 Å². The number of nitrogens with two attached hydrogens (primary N) is 1. The van der Waals surface area contributed by atoms with Crippen LogP contribution >= 0.6 is 28.6 Å². The summed E-state index contributed by atoms with van der Waals surface area (Å²) in [5, 5.41) is 0.0174. The van der Waals surface area contributed by atoms with E-state index in [1.54, 1.807) is 4.90 Å². The molecule has 162 valence electrons. The van der Waals surface area contributed by atoms with E-state index in [-0.39, 0.29) is 30.0 Å². The third-order valence-electron chi connectivity index (χ3n) is 6.74. The van der Waals surface area contributed by atoms with Crippen LogP contribution in [0.5, 0.6) is 0 Å². The number of nitrogens with zero attached hydrogens (tertiary/aromatic N) is 1. The molecule has 3 rings (SSSR count). The number of hydrogen-bond acceptors (Lipinski definition) is 3. The third-order valence-corrected chi connectivity index (χ3v) is 7.93. The molecule has 0 aromatic heterocycles. The van der Waals surface area contributed by atoms with Crippen LogP contribution in [0.1, 0.15) is 51.9 Å². The molecule has 1 amide bonds. The van der Waals surface area contributed by atoms with Gasteiger partial charge in [-0.25, -0.2) is 13.2 Å². The van der Waals surface area contributed by atoms with Gasteiger partial charge in [-0.2, -0.15) is 12.6 Å². The van der Waals surface area contributed by atoms with Crippen molar-refractivity contribution in [3.05, 3.63) is 11.6 Å². The Balaban J connectivity index is 1.80. The van der Waals surface area contributed by atoms with Crippen molar-refractivity contribution >= 4 is 42.3 Å². The molecule has 3 aliphatic rings. The van der Waals surface area contributed by atoms with E-state index in [0.29, 0.717) is 17.8 Å². The number of halogens is 4. The molecule has 5 unspecified atom stereocenters. The third kappa shape index (κ3) is 4.87. The Morgan fingerprint density at radius 2 is 2.17 bits per heavy atom. The van der Waals surface area contributed by atoms with E-state index in [2.05, 4.69) is 41.6 Å². The lowest BCUT2D eigenvalue weighted by Crippen LogP contribution is -2.68. The summed E-state index contributed by atoms with van der Waals surface area (Å²) in [6, 6.07) is -0.268. The molecule has 3 nitrogen and oxygen atoms in total. The monoisotopic (exact) mass is 492 g/mol. The summed E-state index contributed by atoms with van der Waals surface area (Å²) in [5.74, 6) is -6.28. The molecular formula is C20H29BBrF3N2OS. The predicted molar refractivity (Wildman–Crippen MR) is 117 cm³/mol. The Morgan fingerprint density at radius 1 is 1.48 bits per heavy atom. The highest BCUT2D eigenvalue weighted by atomic mass is 79.9. The van der Waals surface area contributed by atoms with Crippen LogP contribution in [-0.4, -0.2) is 58.8 Å². The standard InChI is InChI=1S/C20H29BBrF3N2OS/c1-2-3-13(22)8-14(29)6-11-4-5-27-16(11)10-19(26)9-12(20(21,24)25)7-15(23)17(19)18(27)28/h6,12-17,29H,2-5,7-10,26H2,1H3/b11-6+/t12?,13?,14?,15-,16?,17?,19+/m1/s1. The highest BCUT2D eigenvalue weighted by Crippen LogP contribution is 2.50. The molecule has 9 heteroatoms. The molecule has 0 spiro atoms. The number of carbonyl (C=O) groups excluding carboxylic acids is 1. The lowest BCUT2D eigenvalue weighted by Gasteiger charge is -2.53. The van der Waals surface area contributed by atoms with Gasteiger partial charge in [0.05, 0.1) is 12.0 Å². The number of rotatable bonds is 6. The summed E-state index contributed by atoms with van der Waals surface area (Å²) < 4.78 is 42.3. The number of hydrogen-bond donors (Lipinski definition) is 2. The first-order valence-electron chi connectivity index (χ1n) is 10.4. The van der Waals surface area contributed by atoms with Crippen molar-refractivity contribution in [1.29, 1.82) is 0 Å². The minimum absolute atomic E-state index is 0.0174. The minimum Gasteiger partial charge on any atom is -0.335 e. The van der Waals surface area contributed by atoms with Crippen molar-refractivity contribution in [2.24, 2.45) is 17.6 Å². The molecule has 1 aliphatic carbocycles. The summed E-state index contributed by atoms with van der Waals surface area (Å²) in [6.45, 7) is 2.64. The van der Waals surface area contributed by atoms with Crippen molar-refractivity contribution in [1.82, 2.24) is 4.90 Å². The summed E-state index contributed by atoms with van der Waals surface area (Å²) in [7, 11) is 4.98. The van der Waals surface area contributed by atoms with Crippen molar-refractivity contribution in [3.8, 4) is 0 Å². The largest absolute Gasteiger partial charge is 0.335 e. The molecule has 0 bridgehead atoms. The molecule has 7 atom stereocenters. The maximum atomic E-state index is 14.8. The van der Waals surface area contributed by atoms with Gasteiger partial charge in [0.1, 0.15) is 6.17 Å². The molecule has 2 heterocycles. The van der Waals surface area contributed by atoms with Gasteiger partial charge >= 0.3 is 0 Å². The van der Waals surface area contributed by atoms with Crippen LogP contribution in [0.2, 0.25) is 0 Å². The van der Waals surface area contributed by atoms with E-state index in [1.807, 2.05) is 0 Å². The molecule has 1 saturated carbocycles. The van der Waals surface area contributed by atoms with E-state index in [1.165, 1.54) is 0 Å². The molecule has 2 N–H and O–H groups in total. The number of fused-ring (bicyclic) bond motifs is 2. The van der Waals surface area contributed by atoms with Gasteiger partial charge in [-0.05, 0) is 44.1 Å². The van der Waals surface area contributed by atoms with E-state index in [4.69, 9.17) is 13.6 Å². The van der Waals surface area contributed by atoms with E-state index in [9.17, 15) is 18.0 Å². The SMILES string of the molecule is [B]C(F)(F)C1C[C@@H](F)C2C(=O)N3CC/C(=C\C(S)CC(Br)CCC)C3C[C@@]2(N)C1. The fourth-order valence-corrected chi connectivity index (χ4v) is 6.96. The van der Waals surface area contributed by atoms with Crippen LogP contribution in [0.4, 0.5) is 13.2 Å². The van der Waals surface area contributed by atoms with Gasteiger partial charge < -0.3 is 10.6 Å². The van der Waals surface area contributed by atoms with Gasteiger partial charge in [-0.1, -0.05) is 35.4 Å². The van der Waals surface area contributed by atoms with Gasteiger partial charge in [-0.15, -0.1) is 0 Å². The Bertz CT molecular complexity index is 664. The highest BCUT2D eigenvalue weighted by molar-refractivity contribution is 9.09. The van der Waals surface area contributed by atoms with Crippen molar-refractivity contribution in [2.75, 3.05) is 6.54 Å². The highest BCUT2D eigenvalue weighted by Gasteiger charge is 2.60. The topological polar surface area (TPSA) is 46.3 Å². The molecule has 29 heavy (non-hydrogen) atoms. The number of amides is 1. The zero-order valence-corrected chi connectivity index (χ0v) is 19.1. The molecule has 2 saturated heterocycles. The molecule has 0 aromatic rings. The maximum Gasteiger partial charge on any atom is 0.231 e. The Kier molecular flexibility index (Phi) is 7.11. The molecule has 2 aliphatic heterocycles. The van der Waals surface area contributed by atoms with Crippen LogP contribution in [0.25, 0.3) is 0 Å². The van der Waals surface area contributed by atoms with Crippen LogP contribution in [-0.2, 0) is 4.79 Å². The fourth-order valence-electron chi connectivity index (χ4n) is 5.36. The minimum atomic E-state index is -3.50. The van der Waals surface area contributed by atoms with Crippen molar-refractivity contribution < 1.29 is 18.0 Å². The average molecular weight is 493 g/mol. The number of thiol groups is 1. The van der Waals surface area contributed by atoms with E-state index < -0.39 is 35.8 Å². The molecule has 3 fully saturated rings. The van der Waals surface area contributed by atoms with Gasteiger partial charge in [0.15, 0.2) is 7.85 Å². The van der Waals surface area contributed by atoms with E-state index in [0.717, 1.165) is 24.8 Å². The van der Waals surface area contributed by atoms with Crippen LogP contribution < -0.4 is 5.73 Å². The molecule has 2 radical (unpaired) electrons. The molecular weight excluding hydrogens is 464 g/mol. The van der Waals surface area contributed by atoms with Gasteiger partial charge in [0.25, 0.3) is 0 Å². The summed E-state index contributed by atoms with van der Waals surface area (Å²) >= 11 is 8.34. The van der Waals surface area contributed by atoms with Gasteiger partial charge in [-0.3, -0.25) is 4.79 Å². The normalized spacial score (nSPS) is 38.7. The maximum absolute atomic E-state index is 14.8. The van der Waals surface area contributed by atoms with E-state index >= 15 is 0 Å². The lowest BCUT2D eigenvalue weighted by molar-refractivity contribution is -0.154. The van der Waals surface area contributed by atoms with Crippen LogP contribution in [0.15, 0.2) is 11.6 Å². The molecule has 0 aromatic carbocycles. The van der Waals surface area contributed by atoms with Crippen LogP contribution in [0.3, 0.4) is 0 Å². The lowest BCUT2D eigenvalue weighted by atomic mass is 9.60. The van der Waals surface area contributed by atoms with Crippen molar-refractivity contribution in [2.45, 2.75) is 85.5 Å². The van der Waals surface area contributed by atoms with Gasteiger partial charge in [0, 0.05) is 28.1 Å². The summed E-state index contributed by atoms with van der Waals surface area (Å²) in [6.07, 6.45) is 3.75. The first-order chi connectivity index (χ1) is 13.5. The number of carbonyl (C=O) groups is 1. The first kappa shape index (κ1) is 23.5. The smallest absolute Gasteiger partial charge is 0.231 e. The Morgan fingerprint density at radius 3 is 2.79 bits per heavy atom. The fraction of sp³-hybridized carbons (Fsp3) is 0.850. The Hall–Kier alpha value is -0.145. The predicted octanol–water partition coefficient (Wildman–Crippen LogP) is 3.99. The van der Waals surface area contributed by atoms with Gasteiger partial charge in [0.2, 0.25) is 11.7 Å². The quantitative estimate of drug-likeness (QED) is 0.255. The number of piperidine rings is 1. The Labute approximate surface area is 186 Å².